The molecule has 0 radical (unpaired) electrons. The lowest BCUT2D eigenvalue weighted by molar-refractivity contribution is 0.230. The Balaban J connectivity index is 2.59. The summed E-state index contributed by atoms with van der Waals surface area (Å²) in [5, 5.41) is 8.85. The lowest BCUT2D eigenvalue weighted by Crippen LogP contribution is -2.02. The molecule has 1 rings (SSSR count). The molecule has 14 heavy (non-hydrogen) atoms. The second kappa shape index (κ2) is 5.47. The predicted octanol–water partition coefficient (Wildman–Crippen LogP) is 3.15. The van der Waals surface area contributed by atoms with E-state index in [4.69, 9.17) is 5.11 Å². The highest BCUT2D eigenvalue weighted by Gasteiger charge is 2.04. The van der Waals surface area contributed by atoms with Crippen LogP contribution in [0.4, 0.5) is 4.39 Å². The van der Waals surface area contributed by atoms with Gasteiger partial charge < -0.3 is 5.11 Å². The molecule has 1 aromatic carbocycles. The number of aliphatic hydroxyl groups excluding tert-OH is 1. The van der Waals surface area contributed by atoms with Gasteiger partial charge in [-0.15, -0.1) is 0 Å². The Morgan fingerprint density at radius 1 is 1.50 bits per heavy atom. The van der Waals surface area contributed by atoms with E-state index in [1.54, 1.807) is 6.07 Å². The summed E-state index contributed by atoms with van der Waals surface area (Å²) in [5.74, 6) is 0.0720. The maximum absolute atomic E-state index is 12.7. The van der Waals surface area contributed by atoms with Crippen LogP contribution in [-0.4, -0.2) is 11.7 Å². The van der Waals surface area contributed by atoms with Crippen molar-refractivity contribution in [2.45, 2.75) is 19.8 Å². The largest absolute Gasteiger partial charge is 0.396 e. The Bertz CT molecular complexity index is 301. The van der Waals surface area contributed by atoms with Crippen LogP contribution < -0.4 is 0 Å². The number of hydrogen-bond acceptors (Lipinski definition) is 1. The van der Waals surface area contributed by atoms with Gasteiger partial charge in [0.25, 0.3) is 0 Å². The van der Waals surface area contributed by atoms with Gasteiger partial charge in [-0.25, -0.2) is 4.39 Å². The van der Waals surface area contributed by atoms with Crippen molar-refractivity contribution >= 4 is 15.9 Å². The third-order valence-corrected chi connectivity index (χ3v) is 2.97. The van der Waals surface area contributed by atoms with E-state index in [-0.39, 0.29) is 12.4 Å². The molecule has 1 atom stereocenters. The molecule has 1 unspecified atom stereocenters. The fourth-order valence-electron chi connectivity index (χ4n) is 1.22. The molecule has 0 fully saturated rings. The van der Waals surface area contributed by atoms with Gasteiger partial charge >= 0.3 is 0 Å². The number of aryl methyl sites for hydroxylation is 1. The lowest BCUT2D eigenvalue weighted by atomic mass is 10.0. The van der Waals surface area contributed by atoms with E-state index in [1.165, 1.54) is 12.1 Å². The minimum absolute atomic E-state index is 0.207. The average Bonchev–Trinajstić information content (AvgIpc) is 2.16. The SMILES string of the molecule is CC(CO)CCc1ccc(F)cc1Br. The Hall–Kier alpha value is -0.410. The molecule has 0 aliphatic rings. The summed E-state index contributed by atoms with van der Waals surface area (Å²) in [5.41, 5.74) is 1.09. The van der Waals surface area contributed by atoms with E-state index >= 15 is 0 Å². The monoisotopic (exact) mass is 260 g/mol. The van der Waals surface area contributed by atoms with Crippen molar-refractivity contribution in [2.75, 3.05) is 6.61 Å². The smallest absolute Gasteiger partial charge is 0.124 e. The molecule has 0 spiro atoms. The quantitative estimate of drug-likeness (QED) is 0.882. The highest BCUT2D eigenvalue weighted by molar-refractivity contribution is 9.10. The lowest BCUT2D eigenvalue weighted by Gasteiger charge is -2.08. The first-order chi connectivity index (χ1) is 6.63. The van der Waals surface area contributed by atoms with Crippen molar-refractivity contribution in [3.8, 4) is 0 Å². The predicted molar refractivity (Wildman–Crippen MR) is 58.7 cm³/mol. The second-order valence-electron chi connectivity index (χ2n) is 3.56. The number of aliphatic hydroxyl groups is 1. The number of rotatable bonds is 4. The second-order valence-corrected chi connectivity index (χ2v) is 4.42. The van der Waals surface area contributed by atoms with Crippen LogP contribution >= 0.6 is 15.9 Å². The van der Waals surface area contributed by atoms with Crippen molar-refractivity contribution in [3.05, 3.63) is 34.1 Å². The number of benzene rings is 1. The van der Waals surface area contributed by atoms with Crippen LogP contribution in [0.15, 0.2) is 22.7 Å². The zero-order chi connectivity index (χ0) is 10.6. The molecule has 0 saturated carbocycles. The summed E-state index contributed by atoms with van der Waals surface area (Å²) >= 11 is 3.32. The van der Waals surface area contributed by atoms with Crippen LogP contribution in [0.1, 0.15) is 18.9 Å². The van der Waals surface area contributed by atoms with Crippen LogP contribution in [0.2, 0.25) is 0 Å². The van der Waals surface area contributed by atoms with Gasteiger partial charge in [-0.3, -0.25) is 0 Å². The molecule has 1 N–H and O–H groups in total. The molecule has 0 amide bonds. The molecule has 3 heteroatoms. The van der Waals surface area contributed by atoms with Gasteiger partial charge in [-0.2, -0.15) is 0 Å². The van der Waals surface area contributed by atoms with Gasteiger partial charge in [0.2, 0.25) is 0 Å². The van der Waals surface area contributed by atoms with E-state index in [1.807, 2.05) is 6.92 Å². The Labute approximate surface area is 92.1 Å². The summed E-state index contributed by atoms with van der Waals surface area (Å²) < 4.78 is 13.6. The van der Waals surface area contributed by atoms with Crippen LogP contribution in [0.5, 0.6) is 0 Å². The molecular weight excluding hydrogens is 247 g/mol. The summed E-state index contributed by atoms with van der Waals surface area (Å²) in [6, 6.07) is 4.71. The maximum Gasteiger partial charge on any atom is 0.124 e. The van der Waals surface area contributed by atoms with Gasteiger partial charge in [0.1, 0.15) is 5.82 Å². The van der Waals surface area contributed by atoms with E-state index in [0.717, 1.165) is 22.9 Å². The topological polar surface area (TPSA) is 20.2 Å². The zero-order valence-corrected chi connectivity index (χ0v) is 9.72. The highest BCUT2D eigenvalue weighted by atomic mass is 79.9. The molecule has 0 aromatic heterocycles. The standard InChI is InChI=1S/C11H14BrFO/c1-8(7-14)2-3-9-4-5-10(13)6-11(9)12/h4-6,8,14H,2-3,7H2,1H3. The molecular formula is C11H14BrFO. The molecule has 0 aliphatic carbocycles. The van der Waals surface area contributed by atoms with Crippen molar-refractivity contribution in [2.24, 2.45) is 5.92 Å². The maximum atomic E-state index is 12.7. The van der Waals surface area contributed by atoms with Gasteiger partial charge in [-0.1, -0.05) is 28.9 Å². The minimum atomic E-state index is -0.226. The number of hydrogen-bond donors (Lipinski definition) is 1. The molecule has 1 aromatic rings. The molecule has 0 heterocycles. The normalized spacial score (nSPS) is 12.9. The minimum Gasteiger partial charge on any atom is -0.396 e. The molecule has 1 nitrogen and oxygen atoms in total. The molecule has 0 bridgehead atoms. The van der Waals surface area contributed by atoms with Crippen LogP contribution in [0.25, 0.3) is 0 Å². The van der Waals surface area contributed by atoms with Gasteiger partial charge in [0.05, 0.1) is 0 Å². The van der Waals surface area contributed by atoms with Crippen molar-refractivity contribution in [1.82, 2.24) is 0 Å². The molecule has 0 saturated heterocycles. The first-order valence-corrected chi connectivity index (χ1v) is 5.47. The third kappa shape index (κ3) is 3.39. The van der Waals surface area contributed by atoms with Gasteiger partial charge in [0.15, 0.2) is 0 Å². The Kier molecular flexibility index (Phi) is 4.55. The first-order valence-electron chi connectivity index (χ1n) is 4.68. The summed E-state index contributed by atoms with van der Waals surface area (Å²) in [7, 11) is 0. The van der Waals surface area contributed by atoms with Gasteiger partial charge in [-0.05, 0) is 36.5 Å². The van der Waals surface area contributed by atoms with Crippen molar-refractivity contribution < 1.29 is 9.50 Å². The summed E-state index contributed by atoms with van der Waals surface area (Å²) in [6.07, 6.45) is 1.78. The van der Waals surface area contributed by atoms with Crippen LogP contribution in [0.3, 0.4) is 0 Å². The van der Waals surface area contributed by atoms with E-state index < -0.39 is 0 Å². The molecule has 78 valence electrons. The van der Waals surface area contributed by atoms with E-state index in [9.17, 15) is 4.39 Å². The van der Waals surface area contributed by atoms with Crippen molar-refractivity contribution in [3.63, 3.8) is 0 Å². The van der Waals surface area contributed by atoms with E-state index in [2.05, 4.69) is 15.9 Å². The Morgan fingerprint density at radius 2 is 2.21 bits per heavy atom. The van der Waals surface area contributed by atoms with Crippen LogP contribution in [-0.2, 0) is 6.42 Å². The zero-order valence-electron chi connectivity index (χ0n) is 8.13. The van der Waals surface area contributed by atoms with Crippen molar-refractivity contribution in [1.29, 1.82) is 0 Å². The summed E-state index contributed by atoms with van der Waals surface area (Å²) in [4.78, 5) is 0. The fraction of sp³-hybridized carbons (Fsp3) is 0.455. The van der Waals surface area contributed by atoms with E-state index in [0.29, 0.717) is 5.92 Å². The first kappa shape index (κ1) is 11.7. The summed E-state index contributed by atoms with van der Waals surface area (Å²) in [6.45, 7) is 2.20. The highest BCUT2D eigenvalue weighted by Crippen LogP contribution is 2.20. The van der Waals surface area contributed by atoms with Gasteiger partial charge in [0, 0.05) is 11.1 Å². The molecule has 0 aliphatic heterocycles. The average molecular weight is 261 g/mol. The third-order valence-electron chi connectivity index (χ3n) is 2.23. The number of halogens is 2. The Morgan fingerprint density at radius 3 is 2.79 bits per heavy atom. The fourth-order valence-corrected chi connectivity index (χ4v) is 1.77. The van der Waals surface area contributed by atoms with Crippen LogP contribution in [0, 0.1) is 11.7 Å².